The molecule has 162 valence electrons. The zero-order valence-corrected chi connectivity index (χ0v) is 18.3. The molecule has 0 radical (unpaired) electrons. The lowest BCUT2D eigenvalue weighted by Gasteiger charge is -2.34. The molecule has 5 rings (SSSR count). The van der Waals surface area contributed by atoms with Gasteiger partial charge in [-0.25, -0.2) is 4.90 Å². The van der Waals surface area contributed by atoms with Crippen LogP contribution in [0.2, 0.25) is 5.02 Å². The average Bonchev–Trinajstić information content (AvgIpc) is 3.09. The summed E-state index contributed by atoms with van der Waals surface area (Å²) in [5.74, 6) is -0.582. The Morgan fingerprint density at radius 3 is 2.47 bits per heavy atom. The molecule has 1 fully saturated rings. The second-order valence-corrected chi connectivity index (χ2v) is 8.75. The predicted octanol–water partition coefficient (Wildman–Crippen LogP) is 4.48. The summed E-state index contributed by atoms with van der Waals surface area (Å²) in [4.78, 5) is 30.9. The maximum Gasteiger partial charge on any atom is 0.282 e. The van der Waals surface area contributed by atoms with Crippen LogP contribution in [0, 0.1) is 5.92 Å². The summed E-state index contributed by atoms with van der Waals surface area (Å²) in [6.45, 7) is 1.28. The van der Waals surface area contributed by atoms with Crippen molar-refractivity contribution in [2.45, 2.75) is 12.8 Å². The smallest absolute Gasteiger partial charge is 0.282 e. The van der Waals surface area contributed by atoms with Crippen molar-refractivity contribution in [2.75, 3.05) is 24.6 Å². The Morgan fingerprint density at radius 1 is 0.938 bits per heavy atom. The number of hydrogen-bond donors (Lipinski definition) is 1. The molecule has 0 spiro atoms. The predicted molar refractivity (Wildman–Crippen MR) is 126 cm³/mol. The summed E-state index contributed by atoms with van der Waals surface area (Å²) in [5, 5.41) is 12.1. The summed E-state index contributed by atoms with van der Waals surface area (Å²) >= 11 is 6.08. The monoisotopic (exact) mass is 446 g/mol. The lowest BCUT2D eigenvalue weighted by atomic mass is 9.97. The molecule has 2 heterocycles. The fraction of sp³-hybridized carbons (Fsp3) is 0.231. The number of piperidine rings is 1. The highest BCUT2D eigenvalue weighted by atomic mass is 35.5. The molecule has 2 amide bonds. The van der Waals surface area contributed by atoms with Crippen LogP contribution in [0.4, 0.5) is 5.69 Å². The van der Waals surface area contributed by atoms with E-state index in [4.69, 9.17) is 11.6 Å². The first-order chi connectivity index (χ1) is 15.6. The number of halogens is 1. The number of aliphatic hydroxyl groups is 1. The van der Waals surface area contributed by atoms with Crippen LogP contribution in [0.15, 0.2) is 72.4 Å². The van der Waals surface area contributed by atoms with Crippen molar-refractivity contribution >= 4 is 45.4 Å². The zero-order valence-electron chi connectivity index (χ0n) is 17.5. The molecular weight excluding hydrogens is 424 g/mol. The van der Waals surface area contributed by atoms with Crippen molar-refractivity contribution in [2.24, 2.45) is 5.92 Å². The zero-order chi connectivity index (χ0) is 22.2. The molecule has 1 N–H and O–H groups in total. The van der Waals surface area contributed by atoms with Crippen LogP contribution in [-0.2, 0) is 9.59 Å². The molecule has 0 saturated carbocycles. The summed E-state index contributed by atoms with van der Waals surface area (Å²) in [6, 6.07) is 20.4. The van der Waals surface area contributed by atoms with Gasteiger partial charge in [-0.05, 0) is 47.9 Å². The van der Waals surface area contributed by atoms with Crippen LogP contribution in [0.25, 0.3) is 16.3 Å². The Labute approximate surface area is 191 Å². The number of carbonyl (C=O) groups excluding carboxylic acids is 2. The molecule has 2 aliphatic rings. The Balaban J connectivity index is 1.65. The summed E-state index contributed by atoms with van der Waals surface area (Å²) in [5.41, 5.74) is 2.04. The van der Waals surface area contributed by atoms with E-state index in [-0.39, 0.29) is 24.3 Å². The number of imide groups is 1. The topological polar surface area (TPSA) is 60.9 Å². The fourth-order valence-electron chi connectivity index (χ4n) is 4.73. The first kappa shape index (κ1) is 20.7. The van der Waals surface area contributed by atoms with Gasteiger partial charge in [0.05, 0.1) is 11.3 Å². The van der Waals surface area contributed by atoms with E-state index in [0.717, 1.165) is 23.6 Å². The molecule has 1 unspecified atom stereocenters. The van der Waals surface area contributed by atoms with Gasteiger partial charge in [0, 0.05) is 30.1 Å². The summed E-state index contributed by atoms with van der Waals surface area (Å²) in [7, 11) is 0. The minimum Gasteiger partial charge on any atom is -0.396 e. The van der Waals surface area contributed by atoms with Gasteiger partial charge in [-0.2, -0.15) is 0 Å². The minimum atomic E-state index is -0.338. The molecule has 2 aliphatic heterocycles. The first-order valence-electron chi connectivity index (χ1n) is 10.8. The number of likely N-dealkylation sites (tertiary alicyclic amines) is 1. The third-order valence-corrected chi connectivity index (χ3v) is 6.55. The highest BCUT2D eigenvalue weighted by molar-refractivity contribution is 6.46. The van der Waals surface area contributed by atoms with Crippen molar-refractivity contribution in [3.05, 3.63) is 83.0 Å². The van der Waals surface area contributed by atoms with Crippen LogP contribution in [0.5, 0.6) is 0 Å². The van der Waals surface area contributed by atoms with Crippen LogP contribution in [0.3, 0.4) is 0 Å². The van der Waals surface area contributed by atoms with Crippen molar-refractivity contribution in [1.29, 1.82) is 0 Å². The third-order valence-electron chi connectivity index (χ3n) is 6.29. The van der Waals surface area contributed by atoms with Crippen LogP contribution in [-0.4, -0.2) is 41.5 Å². The van der Waals surface area contributed by atoms with Crippen LogP contribution < -0.4 is 4.90 Å². The maximum atomic E-state index is 13.8. The van der Waals surface area contributed by atoms with E-state index in [9.17, 15) is 14.7 Å². The van der Waals surface area contributed by atoms with Crippen LogP contribution >= 0.6 is 11.6 Å². The highest BCUT2D eigenvalue weighted by Crippen LogP contribution is 2.39. The summed E-state index contributed by atoms with van der Waals surface area (Å²) < 4.78 is 0. The molecular formula is C26H23ClN2O3. The highest BCUT2D eigenvalue weighted by Gasteiger charge is 2.43. The number of anilines is 1. The van der Waals surface area contributed by atoms with E-state index in [1.807, 2.05) is 47.4 Å². The van der Waals surface area contributed by atoms with Gasteiger partial charge in [0.1, 0.15) is 5.70 Å². The van der Waals surface area contributed by atoms with Gasteiger partial charge < -0.3 is 10.0 Å². The fourth-order valence-corrected chi connectivity index (χ4v) is 4.85. The second kappa shape index (κ2) is 8.41. The molecule has 0 aliphatic carbocycles. The number of nitrogens with zero attached hydrogens (tertiary/aromatic N) is 2. The van der Waals surface area contributed by atoms with Crippen molar-refractivity contribution in [3.8, 4) is 0 Å². The van der Waals surface area contributed by atoms with E-state index in [1.165, 1.54) is 4.90 Å². The average molecular weight is 447 g/mol. The van der Waals surface area contributed by atoms with Gasteiger partial charge in [-0.1, -0.05) is 60.1 Å². The number of amides is 2. The number of fused-ring (bicyclic) bond motifs is 1. The number of rotatable bonds is 4. The minimum absolute atomic E-state index is 0.0647. The first-order valence-corrected chi connectivity index (χ1v) is 11.2. The largest absolute Gasteiger partial charge is 0.396 e. The molecule has 0 bridgehead atoms. The molecule has 32 heavy (non-hydrogen) atoms. The lowest BCUT2D eigenvalue weighted by Crippen LogP contribution is -2.40. The second-order valence-electron chi connectivity index (χ2n) is 8.31. The van der Waals surface area contributed by atoms with Crippen molar-refractivity contribution in [1.82, 2.24) is 4.90 Å². The number of benzene rings is 3. The number of hydrogen-bond acceptors (Lipinski definition) is 4. The molecule has 5 nitrogen and oxygen atoms in total. The van der Waals surface area contributed by atoms with Gasteiger partial charge in [-0.15, -0.1) is 0 Å². The van der Waals surface area contributed by atoms with Gasteiger partial charge >= 0.3 is 0 Å². The summed E-state index contributed by atoms with van der Waals surface area (Å²) in [6.07, 6.45) is 1.77. The van der Waals surface area contributed by atoms with E-state index in [1.54, 1.807) is 24.3 Å². The normalized spacial score (nSPS) is 19.4. The number of carbonyl (C=O) groups is 2. The SMILES string of the molecule is O=C1C(c2ccc(Cl)cc2)=C(N2CCCC(CO)C2)C(=O)N1c1cccc2ccccc12. The quantitative estimate of drug-likeness (QED) is 0.600. The Bertz CT molecular complexity index is 1230. The third kappa shape index (κ3) is 3.48. The number of aliphatic hydroxyl groups excluding tert-OH is 1. The van der Waals surface area contributed by atoms with Crippen LogP contribution in [0.1, 0.15) is 18.4 Å². The van der Waals surface area contributed by atoms with E-state index < -0.39 is 0 Å². The lowest BCUT2D eigenvalue weighted by molar-refractivity contribution is -0.120. The standard InChI is InChI=1S/C26H23ClN2O3/c27-20-12-10-19(11-13-20)23-24(28-14-4-5-17(15-28)16-30)26(32)29(25(23)31)22-9-3-7-18-6-1-2-8-21(18)22/h1-3,6-13,17,30H,4-5,14-16H2. The Kier molecular flexibility index (Phi) is 5.45. The van der Waals surface area contributed by atoms with Crippen molar-refractivity contribution in [3.63, 3.8) is 0 Å². The van der Waals surface area contributed by atoms with E-state index >= 15 is 0 Å². The Morgan fingerprint density at radius 2 is 1.69 bits per heavy atom. The molecule has 3 aromatic carbocycles. The van der Waals surface area contributed by atoms with Gasteiger partial charge in [0.15, 0.2) is 0 Å². The van der Waals surface area contributed by atoms with Crippen molar-refractivity contribution < 1.29 is 14.7 Å². The molecule has 6 heteroatoms. The molecule has 3 aromatic rings. The van der Waals surface area contributed by atoms with Gasteiger partial charge in [0.25, 0.3) is 11.8 Å². The molecule has 1 saturated heterocycles. The molecule has 1 atom stereocenters. The van der Waals surface area contributed by atoms with Gasteiger partial charge in [-0.3, -0.25) is 9.59 Å². The maximum absolute atomic E-state index is 13.8. The van der Waals surface area contributed by atoms with E-state index in [2.05, 4.69) is 0 Å². The van der Waals surface area contributed by atoms with E-state index in [0.29, 0.717) is 40.6 Å². The van der Waals surface area contributed by atoms with Gasteiger partial charge in [0.2, 0.25) is 0 Å². The Hall–Kier alpha value is -3.15. The molecule has 0 aromatic heterocycles.